The van der Waals surface area contributed by atoms with Gasteiger partial charge in [0.1, 0.15) is 17.0 Å². The van der Waals surface area contributed by atoms with Crippen LogP contribution in [0.1, 0.15) is 52.9 Å². The zero-order chi connectivity index (χ0) is 19.2. The fourth-order valence-electron chi connectivity index (χ4n) is 4.66. The number of hydrazine groups is 1. The van der Waals surface area contributed by atoms with Crippen molar-refractivity contribution in [3.63, 3.8) is 0 Å². The monoisotopic (exact) mass is 383 g/mol. The van der Waals surface area contributed by atoms with Gasteiger partial charge in [0.15, 0.2) is 0 Å². The maximum Gasteiger partial charge on any atom is 0.255 e. The Labute approximate surface area is 159 Å². The van der Waals surface area contributed by atoms with Gasteiger partial charge in [-0.05, 0) is 39.5 Å². The molecule has 7 heteroatoms. The van der Waals surface area contributed by atoms with E-state index in [1.807, 2.05) is 57.0 Å². The molecule has 1 amide bonds. The Morgan fingerprint density at radius 1 is 1.19 bits per heavy atom. The van der Waals surface area contributed by atoms with E-state index < -0.39 is 28.7 Å². The fourth-order valence-corrected chi connectivity index (χ4v) is 6.41. The molecule has 1 N–H and O–H groups in total. The molecule has 1 aliphatic carbocycles. The Morgan fingerprint density at radius 3 is 2.35 bits per heavy atom. The Bertz CT molecular complexity index is 595. The van der Waals surface area contributed by atoms with Crippen LogP contribution in [0.2, 0.25) is 0 Å². The molecular formula is C19H33N3O3S. The number of carbonyl (C=O) groups excluding carboxylic acids is 1. The third-order valence-corrected chi connectivity index (χ3v) is 7.79. The van der Waals surface area contributed by atoms with Gasteiger partial charge in [0.25, 0.3) is 5.91 Å². The Morgan fingerprint density at radius 2 is 1.81 bits per heavy atom. The largest absolute Gasteiger partial charge is 0.391 e. The number of amides is 1. The van der Waals surface area contributed by atoms with E-state index in [0.29, 0.717) is 0 Å². The molecule has 3 rings (SSSR count). The molecule has 0 radical (unpaired) electrons. The van der Waals surface area contributed by atoms with Crippen LogP contribution >= 0.6 is 0 Å². The fraction of sp³-hybridized carbons (Fsp3) is 0.842. The second-order valence-electron chi connectivity index (χ2n) is 8.98. The number of hydrogen-bond acceptors (Lipinski definition) is 5. The van der Waals surface area contributed by atoms with Crippen molar-refractivity contribution in [1.82, 2.24) is 14.3 Å². The van der Waals surface area contributed by atoms with Crippen molar-refractivity contribution in [1.29, 1.82) is 0 Å². The predicted molar refractivity (Wildman–Crippen MR) is 103 cm³/mol. The smallest absolute Gasteiger partial charge is 0.255 e. The first-order chi connectivity index (χ1) is 12.1. The van der Waals surface area contributed by atoms with E-state index in [1.54, 1.807) is 0 Å². The number of nitrogens with zero attached hydrogens (tertiary/aromatic N) is 3. The van der Waals surface area contributed by atoms with Crippen LogP contribution < -0.4 is 0 Å². The number of aliphatic hydroxyl groups is 1. The van der Waals surface area contributed by atoms with Crippen LogP contribution in [-0.2, 0) is 15.8 Å². The van der Waals surface area contributed by atoms with Gasteiger partial charge in [0.2, 0.25) is 0 Å². The van der Waals surface area contributed by atoms with Crippen molar-refractivity contribution in [2.45, 2.75) is 81.9 Å². The minimum Gasteiger partial charge on any atom is -0.391 e. The molecule has 26 heavy (non-hydrogen) atoms. The lowest BCUT2D eigenvalue weighted by Gasteiger charge is -2.45. The van der Waals surface area contributed by atoms with Gasteiger partial charge in [-0.2, -0.15) is 0 Å². The average Bonchev–Trinajstić information content (AvgIpc) is 2.85. The molecule has 2 fully saturated rings. The van der Waals surface area contributed by atoms with Crippen LogP contribution in [0.4, 0.5) is 0 Å². The van der Waals surface area contributed by atoms with Gasteiger partial charge in [-0.3, -0.25) is 9.10 Å². The maximum atomic E-state index is 13.2. The van der Waals surface area contributed by atoms with Gasteiger partial charge in [-0.1, -0.05) is 31.4 Å². The van der Waals surface area contributed by atoms with E-state index in [1.165, 1.54) is 10.7 Å². The lowest BCUT2D eigenvalue weighted by molar-refractivity contribution is -0.148. The third kappa shape index (κ3) is 3.39. The highest BCUT2D eigenvalue weighted by Crippen LogP contribution is 2.38. The van der Waals surface area contributed by atoms with E-state index in [-0.39, 0.29) is 23.1 Å². The summed E-state index contributed by atoms with van der Waals surface area (Å²) >= 11 is 0. The summed E-state index contributed by atoms with van der Waals surface area (Å²) in [6.07, 6.45) is 8.99. The van der Waals surface area contributed by atoms with Crippen LogP contribution in [0.3, 0.4) is 0 Å². The second-order valence-corrected chi connectivity index (χ2v) is 10.4. The predicted octanol–water partition coefficient (Wildman–Crippen LogP) is 1.69. The quantitative estimate of drug-likeness (QED) is 0.752. The first-order valence-electron chi connectivity index (χ1n) is 9.71. The van der Waals surface area contributed by atoms with Crippen molar-refractivity contribution in [2.75, 3.05) is 14.1 Å². The molecule has 2 aliphatic heterocycles. The van der Waals surface area contributed by atoms with Crippen LogP contribution in [0.5, 0.6) is 0 Å². The summed E-state index contributed by atoms with van der Waals surface area (Å²) in [5.74, 6) is 0.151. The molecule has 6 nitrogen and oxygen atoms in total. The lowest BCUT2D eigenvalue weighted by atomic mass is 9.81. The maximum absolute atomic E-state index is 13.2. The highest BCUT2D eigenvalue weighted by Gasteiger charge is 2.56. The van der Waals surface area contributed by atoms with E-state index in [9.17, 15) is 14.1 Å². The second kappa shape index (κ2) is 7.34. The highest BCUT2D eigenvalue weighted by molar-refractivity contribution is 7.84. The molecular weight excluding hydrogens is 350 g/mol. The third-order valence-electron chi connectivity index (χ3n) is 5.82. The normalized spacial score (nSPS) is 35.2. The standard InChI is InChI=1S/C19H33N3O3S/c1-19(2,3)22-18(24)16-15(26(22)25)12-11-14(21(16)20(4)5)17(23)13-9-7-6-8-10-13/h11-17,23H,6-10H2,1-5H3/t14-,15-,16+,17-,26?/m0/s1. The van der Waals surface area contributed by atoms with Crippen LogP contribution in [0.15, 0.2) is 12.2 Å². The first kappa shape index (κ1) is 20.0. The molecule has 1 unspecified atom stereocenters. The van der Waals surface area contributed by atoms with Crippen LogP contribution in [-0.4, -0.2) is 72.6 Å². The molecule has 5 atom stereocenters. The minimum atomic E-state index is -1.40. The topological polar surface area (TPSA) is 64.1 Å². The van der Waals surface area contributed by atoms with Crippen molar-refractivity contribution < 1.29 is 14.1 Å². The zero-order valence-corrected chi connectivity index (χ0v) is 17.4. The molecule has 0 aromatic rings. The van der Waals surface area contributed by atoms with Crippen molar-refractivity contribution in [2.24, 2.45) is 5.92 Å². The van der Waals surface area contributed by atoms with Gasteiger partial charge >= 0.3 is 0 Å². The van der Waals surface area contributed by atoms with Crippen LogP contribution in [0.25, 0.3) is 0 Å². The molecule has 0 spiro atoms. The number of carbonyl (C=O) groups is 1. The van der Waals surface area contributed by atoms with E-state index in [0.717, 1.165) is 25.7 Å². The molecule has 0 aromatic carbocycles. The number of aliphatic hydroxyl groups excluding tert-OH is 1. The summed E-state index contributed by atoms with van der Waals surface area (Å²) in [7, 11) is 2.39. The lowest BCUT2D eigenvalue weighted by Crippen LogP contribution is -2.62. The Kier molecular flexibility index (Phi) is 5.64. The van der Waals surface area contributed by atoms with E-state index in [2.05, 4.69) is 0 Å². The summed E-state index contributed by atoms with van der Waals surface area (Å²) in [6.45, 7) is 5.74. The number of hydrogen-bond donors (Lipinski definition) is 1. The first-order valence-corrected chi connectivity index (χ1v) is 10.9. The average molecular weight is 384 g/mol. The van der Waals surface area contributed by atoms with Crippen molar-refractivity contribution in [3.05, 3.63) is 12.2 Å². The molecule has 2 heterocycles. The van der Waals surface area contributed by atoms with E-state index in [4.69, 9.17) is 0 Å². The molecule has 3 aliphatic rings. The summed E-state index contributed by atoms with van der Waals surface area (Å²) in [4.78, 5) is 13.2. The molecule has 0 bridgehead atoms. The summed E-state index contributed by atoms with van der Waals surface area (Å²) in [5.41, 5.74) is -0.497. The summed E-state index contributed by atoms with van der Waals surface area (Å²) < 4.78 is 14.5. The Balaban J connectivity index is 1.92. The molecule has 1 saturated carbocycles. The number of rotatable bonds is 3. The van der Waals surface area contributed by atoms with Gasteiger partial charge in [-0.15, -0.1) is 0 Å². The Hall–Kier alpha value is -0.760. The summed E-state index contributed by atoms with van der Waals surface area (Å²) in [5, 5.41) is 14.6. The highest BCUT2D eigenvalue weighted by atomic mass is 32.2. The van der Waals surface area contributed by atoms with Crippen molar-refractivity contribution >= 4 is 16.9 Å². The van der Waals surface area contributed by atoms with Crippen LogP contribution in [0, 0.1) is 5.92 Å². The summed E-state index contributed by atoms with van der Waals surface area (Å²) in [6, 6.07) is -0.770. The van der Waals surface area contributed by atoms with E-state index >= 15 is 0 Å². The van der Waals surface area contributed by atoms with Gasteiger partial charge in [0, 0.05) is 19.6 Å². The zero-order valence-electron chi connectivity index (χ0n) is 16.6. The minimum absolute atomic E-state index is 0.111. The van der Waals surface area contributed by atoms with Crippen molar-refractivity contribution in [3.8, 4) is 0 Å². The molecule has 148 valence electrons. The SMILES string of the molecule is CN(C)N1[C@H]([C@@H](O)C2CCCCC2)C=C[C@H]2[C@@H]1C(=O)N(C(C)(C)C)S2=O. The van der Waals surface area contributed by atoms with Gasteiger partial charge in [0.05, 0.1) is 17.4 Å². The number of fused-ring (bicyclic) bond motifs is 1. The molecule has 0 aromatic heterocycles. The molecule has 1 saturated heterocycles. The van der Waals surface area contributed by atoms with Gasteiger partial charge in [-0.25, -0.2) is 14.2 Å². The van der Waals surface area contributed by atoms with Gasteiger partial charge < -0.3 is 5.11 Å².